The zero-order valence-corrected chi connectivity index (χ0v) is 15.9. The van der Waals surface area contributed by atoms with E-state index in [-0.39, 0.29) is 5.91 Å². The van der Waals surface area contributed by atoms with Gasteiger partial charge in [0.05, 0.1) is 17.8 Å². The van der Waals surface area contributed by atoms with Crippen molar-refractivity contribution in [3.8, 4) is 10.6 Å². The molecule has 6 heteroatoms. The summed E-state index contributed by atoms with van der Waals surface area (Å²) in [6.45, 7) is 2.21. The van der Waals surface area contributed by atoms with Crippen molar-refractivity contribution in [1.82, 2.24) is 14.9 Å². The molecule has 0 bridgehead atoms. The van der Waals surface area contributed by atoms with Crippen LogP contribution in [0.25, 0.3) is 10.6 Å². The van der Waals surface area contributed by atoms with E-state index in [0.29, 0.717) is 17.9 Å². The third-order valence-electron chi connectivity index (χ3n) is 4.69. The van der Waals surface area contributed by atoms with Crippen LogP contribution >= 0.6 is 11.3 Å². The highest BCUT2D eigenvalue weighted by molar-refractivity contribution is 7.13. The van der Waals surface area contributed by atoms with Gasteiger partial charge in [-0.05, 0) is 31.4 Å². The second-order valence-corrected chi connectivity index (χ2v) is 7.47. The number of carbonyl (C=O) groups is 1. The highest BCUT2D eigenvalue weighted by Gasteiger charge is 2.21. The minimum absolute atomic E-state index is 0.0635. The molecule has 1 N–H and O–H groups in total. The van der Waals surface area contributed by atoms with Crippen LogP contribution in [0.5, 0.6) is 0 Å². The Labute approximate surface area is 163 Å². The Kier molecular flexibility index (Phi) is 5.44. The van der Waals surface area contributed by atoms with Gasteiger partial charge in [0.1, 0.15) is 10.8 Å². The Morgan fingerprint density at radius 2 is 1.89 bits per heavy atom. The van der Waals surface area contributed by atoms with E-state index in [1.807, 2.05) is 40.6 Å². The molecular formula is C21H22N4OS. The number of anilines is 1. The summed E-state index contributed by atoms with van der Waals surface area (Å²) in [7, 11) is 0. The third kappa shape index (κ3) is 4.17. The number of aromatic nitrogens is 2. The molecule has 138 valence electrons. The minimum Gasteiger partial charge on any atom is -0.364 e. The molecule has 1 amide bonds. The maximum atomic E-state index is 12.9. The summed E-state index contributed by atoms with van der Waals surface area (Å²) >= 11 is 1.62. The van der Waals surface area contributed by atoms with Crippen LogP contribution in [0.3, 0.4) is 0 Å². The van der Waals surface area contributed by atoms with Gasteiger partial charge in [-0.1, -0.05) is 30.3 Å². The molecule has 2 aromatic heterocycles. The van der Waals surface area contributed by atoms with Crippen LogP contribution in [-0.4, -0.2) is 33.9 Å². The summed E-state index contributed by atoms with van der Waals surface area (Å²) in [5, 5.41) is 6.34. The van der Waals surface area contributed by atoms with Crippen LogP contribution in [0.15, 0.2) is 54.0 Å². The van der Waals surface area contributed by atoms with Crippen molar-refractivity contribution in [1.29, 1.82) is 0 Å². The number of benzene rings is 1. The zero-order valence-electron chi connectivity index (χ0n) is 15.1. The van der Waals surface area contributed by atoms with Crippen LogP contribution in [-0.2, 0) is 6.54 Å². The van der Waals surface area contributed by atoms with Crippen molar-refractivity contribution in [3.05, 3.63) is 65.3 Å². The summed E-state index contributed by atoms with van der Waals surface area (Å²) in [4.78, 5) is 23.9. The van der Waals surface area contributed by atoms with Gasteiger partial charge < -0.3 is 10.2 Å². The van der Waals surface area contributed by atoms with Gasteiger partial charge in [-0.3, -0.25) is 4.79 Å². The number of pyridine rings is 1. The third-order valence-corrected chi connectivity index (χ3v) is 5.63. The average molecular weight is 379 g/mol. The van der Waals surface area contributed by atoms with E-state index in [2.05, 4.69) is 22.4 Å². The maximum absolute atomic E-state index is 12.9. The quantitative estimate of drug-likeness (QED) is 0.713. The molecule has 1 aliphatic heterocycles. The molecule has 0 saturated carbocycles. The zero-order chi connectivity index (χ0) is 18.5. The number of likely N-dealkylation sites (tertiary alicyclic amines) is 1. The van der Waals surface area contributed by atoms with Crippen molar-refractivity contribution >= 4 is 23.1 Å². The van der Waals surface area contributed by atoms with E-state index in [4.69, 9.17) is 4.98 Å². The molecule has 4 rings (SSSR count). The molecule has 0 aliphatic carbocycles. The predicted molar refractivity (Wildman–Crippen MR) is 109 cm³/mol. The van der Waals surface area contributed by atoms with E-state index < -0.39 is 0 Å². The van der Waals surface area contributed by atoms with Crippen LogP contribution in [0, 0.1) is 0 Å². The van der Waals surface area contributed by atoms with Crippen molar-refractivity contribution in [2.24, 2.45) is 0 Å². The van der Waals surface area contributed by atoms with E-state index in [9.17, 15) is 4.79 Å². The maximum Gasteiger partial charge on any atom is 0.257 e. The first-order valence-electron chi connectivity index (χ1n) is 9.29. The highest BCUT2D eigenvalue weighted by Crippen LogP contribution is 2.24. The molecule has 3 aromatic rings. The van der Waals surface area contributed by atoms with E-state index in [1.165, 1.54) is 6.42 Å². The van der Waals surface area contributed by atoms with Crippen molar-refractivity contribution in [2.75, 3.05) is 18.4 Å². The molecule has 27 heavy (non-hydrogen) atoms. The molecule has 5 nitrogen and oxygen atoms in total. The van der Waals surface area contributed by atoms with E-state index in [0.717, 1.165) is 42.2 Å². The molecule has 0 atom stereocenters. The molecule has 1 fully saturated rings. The van der Waals surface area contributed by atoms with E-state index >= 15 is 0 Å². The van der Waals surface area contributed by atoms with Crippen molar-refractivity contribution in [3.63, 3.8) is 0 Å². The van der Waals surface area contributed by atoms with Gasteiger partial charge >= 0.3 is 0 Å². The SMILES string of the molecule is O=C(c1cccnc1NCc1csc(-c2ccccc2)n1)N1CCCCC1. The number of hydrogen-bond donors (Lipinski definition) is 1. The Balaban J connectivity index is 1.46. The first-order chi connectivity index (χ1) is 13.3. The minimum atomic E-state index is 0.0635. The molecule has 1 saturated heterocycles. The fraction of sp³-hybridized carbons (Fsp3) is 0.286. The molecule has 3 heterocycles. The lowest BCUT2D eigenvalue weighted by Gasteiger charge is -2.27. The Morgan fingerprint density at radius 3 is 2.70 bits per heavy atom. The fourth-order valence-electron chi connectivity index (χ4n) is 3.26. The Morgan fingerprint density at radius 1 is 1.07 bits per heavy atom. The second kappa shape index (κ2) is 8.31. The van der Waals surface area contributed by atoms with Crippen LogP contribution < -0.4 is 5.32 Å². The number of piperidine rings is 1. The molecule has 0 spiro atoms. The first kappa shape index (κ1) is 17.7. The summed E-state index contributed by atoms with van der Waals surface area (Å²) in [6, 6.07) is 13.8. The van der Waals surface area contributed by atoms with Gasteiger partial charge in [0.2, 0.25) is 0 Å². The predicted octanol–water partition coefficient (Wildman–Crippen LogP) is 4.44. The van der Waals surface area contributed by atoms with Crippen LogP contribution in [0.4, 0.5) is 5.82 Å². The first-order valence-corrected chi connectivity index (χ1v) is 10.2. The number of thiazole rings is 1. The lowest BCUT2D eigenvalue weighted by molar-refractivity contribution is 0.0725. The van der Waals surface area contributed by atoms with Crippen LogP contribution in [0.2, 0.25) is 0 Å². The van der Waals surface area contributed by atoms with Crippen molar-refractivity contribution < 1.29 is 4.79 Å². The number of nitrogens with zero attached hydrogens (tertiary/aromatic N) is 3. The summed E-state index contributed by atoms with van der Waals surface area (Å²) in [5.74, 6) is 0.691. The summed E-state index contributed by atoms with van der Waals surface area (Å²) in [5.41, 5.74) is 2.70. The normalized spacial score (nSPS) is 14.1. The van der Waals surface area contributed by atoms with Crippen LogP contribution in [0.1, 0.15) is 35.3 Å². The molecule has 1 aromatic carbocycles. The number of carbonyl (C=O) groups excluding carboxylic acids is 1. The molecule has 0 unspecified atom stereocenters. The summed E-state index contributed by atoms with van der Waals surface area (Å²) in [6.07, 6.45) is 5.08. The summed E-state index contributed by atoms with van der Waals surface area (Å²) < 4.78 is 0. The van der Waals surface area contributed by atoms with E-state index in [1.54, 1.807) is 17.5 Å². The average Bonchev–Trinajstić information content (AvgIpc) is 3.22. The topological polar surface area (TPSA) is 58.1 Å². The van der Waals surface area contributed by atoms with Gasteiger partial charge in [-0.25, -0.2) is 9.97 Å². The number of rotatable bonds is 5. The number of amides is 1. The second-order valence-electron chi connectivity index (χ2n) is 6.62. The largest absolute Gasteiger partial charge is 0.364 e. The molecule has 1 aliphatic rings. The number of nitrogens with one attached hydrogen (secondary N) is 1. The van der Waals surface area contributed by atoms with Gasteiger partial charge in [0.25, 0.3) is 5.91 Å². The lowest BCUT2D eigenvalue weighted by Crippen LogP contribution is -2.36. The smallest absolute Gasteiger partial charge is 0.257 e. The Hall–Kier alpha value is -2.73. The fourth-order valence-corrected chi connectivity index (χ4v) is 4.09. The molecule has 0 radical (unpaired) electrons. The highest BCUT2D eigenvalue weighted by atomic mass is 32.1. The lowest BCUT2D eigenvalue weighted by atomic mass is 10.1. The van der Waals surface area contributed by atoms with Gasteiger partial charge in [0, 0.05) is 30.2 Å². The Bertz CT molecular complexity index is 903. The number of hydrogen-bond acceptors (Lipinski definition) is 5. The van der Waals surface area contributed by atoms with Gasteiger partial charge in [0.15, 0.2) is 0 Å². The standard InChI is InChI=1S/C21H22N4OS/c26-21(25-12-5-2-6-13-25)18-10-7-11-22-19(18)23-14-17-15-27-20(24-17)16-8-3-1-4-9-16/h1,3-4,7-11,15H,2,5-6,12-14H2,(H,22,23). The van der Waals surface area contributed by atoms with Gasteiger partial charge in [-0.2, -0.15) is 0 Å². The van der Waals surface area contributed by atoms with Gasteiger partial charge in [-0.15, -0.1) is 11.3 Å². The van der Waals surface area contributed by atoms with Crippen molar-refractivity contribution in [2.45, 2.75) is 25.8 Å². The molecular weight excluding hydrogens is 356 g/mol. The monoisotopic (exact) mass is 378 g/mol.